The molecule has 1 rings (SSSR count). The van der Waals surface area contributed by atoms with E-state index in [1.807, 2.05) is 0 Å². The van der Waals surface area contributed by atoms with Crippen LogP contribution < -0.4 is 5.32 Å². The highest BCUT2D eigenvalue weighted by molar-refractivity contribution is 9.10. The number of ether oxygens (including phenoxy) is 1. The van der Waals surface area contributed by atoms with Gasteiger partial charge in [-0.25, -0.2) is 4.79 Å². The van der Waals surface area contributed by atoms with Crippen LogP contribution in [0.3, 0.4) is 0 Å². The van der Waals surface area contributed by atoms with Crippen LogP contribution in [0, 0.1) is 5.92 Å². The summed E-state index contributed by atoms with van der Waals surface area (Å²) in [6.45, 7) is 3.45. The van der Waals surface area contributed by atoms with Crippen LogP contribution in [0.4, 0.5) is 18.9 Å². The van der Waals surface area contributed by atoms with E-state index in [1.165, 1.54) is 19.2 Å². The molecule has 0 bridgehead atoms. The quantitative estimate of drug-likeness (QED) is 0.829. The van der Waals surface area contributed by atoms with E-state index in [0.29, 0.717) is 4.47 Å². The molecule has 0 aliphatic rings. The third kappa shape index (κ3) is 4.13. The fourth-order valence-corrected chi connectivity index (χ4v) is 2.03. The van der Waals surface area contributed by atoms with Crippen LogP contribution in [0.1, 0.15) is 19.4 Å². The standard InChI is InChI=1S/C13H15BrF3NO2/c1-7(2)11(12(19)20-3)18-10-5-4-8(14)6-9(10)13(15,16)17/h4-7,11,18H,1-3H3. The van der Waals surface area contributed by atoms with E-state index in [0.717, 1.165) is 6.07 Å². The van der Waals surface area contributed by atoms with Crippen LogP contribution in [0.2, 0.25) is 0 Å². The minimum atomic E-state index is -4.51. The highest BCUT2D eigenvalue weighted by atomic mass is 79.9. The molecule has 0 aliphatic carbocycles. The van der Waals surface area contributed by atoms with Crippen molar-refractivity contribution in [2.24, 2.45) is 5.92 Å². The Hall–Kier alpha value is -1.24. The second-order valence-corrected chi connectivity index (χ2v) is 5.49. The minimum Gasteiger partial charge on any atom is -0.467 e. The first kappa shape index (κ1) is 16.8. The largest absolute Gasteiger partial charge is 0.467 e. The molecule has 0 heterocycles. The number of benzene rings is 1. The number of anilines is 1. The zero-order valence-corrected chi connectivity index (χ0v) is 12.8. The number of carbonyl (C=O) groups is 1. The van der Waals surface area contributed by atoms with Crippen LogP contribution in [-0.2, 0) is 15.7 Å². The van der Waals surface area contributed by atoms with Crippen molar-refractivity contribution in [1.82, 2.24) is 0 Å². The summed E-state index contributed by atoms with van der Waals surface area (Å²) in [5.74, 6) is -0.816. The molecule has 3 nitrogen and oxygen atoms in total. The monoisotopic (exact) mass is 353 g/mol. The maximum absolute atomic E-state index is 13.0. The molecule has 1 atom stereocenters. The molecule has 20 heavy (non-hydrogen) atoms. The molecule has 1 unspecified atom stereocenters. The number of rotatable bonds is 4. The second kappa shape index (κ2) is 6.47. The lowest BCUT2D eigenvalue weighted by atomic mass is 10.0. The maximum atomic E-state index is 13.0. The Morgan fingerprint density at radius 3 is 2.40 bits per heavy atom. The highest BCUT2D eigenvalue weighted by Gasteiger charge is 2.35. The number of halogens is 4. The van der Waals surface area contributed by atoms with Gasteiger partial charge in [0.05, 0.1) is 12.7 Å². The van der Waals surface area contributed by atoms with Crippen LogP contribution >= 0.6 is 15.9 Å². The molecule has 0 fully saturated rings. The Morgan fingerprint density at radius 2 is 1.95 bits per heavy atom. The number of esters is 1. The van der Waals surface area contributed by atoms with Gasteiger partial charge in [0.15, 0.2) is 0 Å². The molecule has 0 radical (unpaired) electrons. The average molecular weight is 354 g/mol. The summed E-state index contributed by atoms with van der Waals surface area (Å²) in [4.78, 5) is 11.6. The van der Waals surface area contributed by atoms with E-state index in [-0.39, 0.29) is 11.6 Å². The maximum Gasteiger partial charge on any atom is 0.418 e. The summed E-state index contributed by atoms with van der Waals surface area (Å²) >= 11 is 3.01. The highest BCUT2D eigenvalue weighted by Crippen LogP contribution is 2.37. The average Bonchev–Trinajstić information content (AvgIpc) is 2.34. The lowest BCUT2D eigenvalue weighted by molar-refractivity contribution is -0.143. The number of alkyl halides is 3. The molecular weight excluding hydrogens is 339 g/mol. The van der Waals surface area contributed by atoms with E-state index < -0.39 is 23.8 Å². The Kier molecular flexibility index (Phi) is 5.44. The first-order valence-electron chi connectivity index (χ1n) is 5.88. The third-order valence-corrected chi connectivity index (χ3v) is 3.21. The Balaban J connectivity index is 3.16. The van der Waals surface area contributed by atoms with E-state index >= 15 is 0 Å². The summed E-state index contributed by atoms with van der Waals surface area (Å²) in [5.41, 5.74) is -0.980. The lowest BCUT2D eigenvalue weighted by Crippen LogP contribution is -2.36. The van der Waals surface area contributed by atoms with Gasteiger partial charge in [-0.15, -0.1) is 0 Å². The van der Waals surface area contributed by atoms with Crippen molar-refractivity contribution in [3.8, 4) is 0 Å². The van der Waals surface area contributed by atoms with E-state index in [2.05, 4.69) is 26.0 Å². The Labute approximate surface area is 123 Å². The van der Waals surface area contributed by atoms with Crippen molar-refractivity contribution in [3.63, 3.8) is 0 Å². The number of hydrogen-bond acceptors (Lipinski definition) is 3. The molecule has 1 aromatic carbocycles. The number of hydrogen-bond donors (Lipinski definition) is 1. The topological polar surface area (TPSA) is 38.3 Å². The van der Waals surface area contributed by atoms with E-state index in [4.69, 9.17) is 0 Å². The number of methoxy groups -OCH3 is 1. The fraction of sp³-hybridized carbons (Fsp3) is 0.462. The van der Waals surface area contributed by atoms with Gasteiger partial charge >= 0.3 is 12.1 Å². The van der Waals surface area contributed by atoms with Gasteiger partial charge in [0.25, 0.3) is 0 Å². The number of carbonyl (C=O) groups excluding carboxylic acids is 1. The summed E-state index contributed by atoms with van der Waals surface area (Å²) in [5, 5.41) is 2.62. The van der Waals surface area contributed by atoms with Gasteiger partial charge in [-0.05, 0) is 24.1 Å². The van der Waals surface area contributed by atoms with Crippen molar-refractivity contribution in [1.29, 1.82) is 0 Å². The van der Waals surface area contributed by atoms with Crippen molar-refractivity contribution >= 4 is 27.6 Å². The first-order chi connectivity index (χ1) is 9.16. The van der Waals surface area contributed by atoms with Crippen LogP contribution in [0.5, 0.6) is 0 Å². The van der Waals surface area contributed by atoms with Gasteiger partial charge in [-0.3, -0.25) is 0 Å². The van der Waals surface area contributed by atoms with Crippen molar-refractivity contribution in [2.45, 2.75) is 26.1 Å². The fourth-order valence-electron chi connectivity index (χ4n) is 1.67. The SMILES string of the molecule is COC(=O)C(Nc1ccc(Br)cc1C(F)(F)F)C(C)C. The van der Waals surface area contributed by atoms with Gasteiger partial charge in [-0.2, -0.15) is 13.2 Å². The third-order valence-electron chi connectivity index (χ3n) is 2.72. The second-order valence-electron chi connectivity index (χ2n) is 4.58. The van der Waals surface area contributed by atoms with Crippen LogP contribution in [0.25, 0.3) is 0 Å². The zero-order valence-electron chi connectivity index (χ0n) is 11.2. The van der Waals surface area contributed by atoms with Crippen molar-refractivity contribution in [3.05, 3.63) is 28.2 Å². The van der Waals surface area contributed by atoms with Gasteiger partial charge in [0, 0.05) is 10.2 Å². The number of nitrogens with one attached hydrogen (secondary N) is 1. The van der Waals surface area contributed by atoms with Crippen molar-refractivity contribution in [2.75, 3.05) is 12.4 Å². The molecule has 0 amide bonds. The molecule has 1 N–H and O–H groups in total. The van der Waals surface area contributed by atoms with Gasteiger partial charge in [-0.1, -0.05) is 29.8 Å². The minimum absolute atomic E-state index is 0.148. The van der Waals surface area contributed by atoms with E-state index in [9.17, 15) is 18.0 Å². The molecule has 7 heteroatoms. The van der Waals surface area contributed by atoms with Crippen molar-refractivity contribution < 1.29 is 22.7 Å². The predicted molar refractivity (Wildman–Crippen MR) is 73.4 cm³/mol. The molecule has 0 spiro atoms. The summed E-state index contributed by atoms with van der Waals surface area (Å²) in [6, 6.07) is 2.89. The van der Waals surface area contributed by atoms with Crippen LogP contribution in [0.15, 0.2) is 22.7 Å². The molecule has 0 aromatic heterocycles. The van der Waals surface area contributed by atoms with Gasteiger partial charge in [0.1, 0.15) is 6.04 Å². The summed E-state index contributed by atoms with van der Waals surface area (Å²) in [7, 11) is 1.20. The first-order valence-corrected chi connectivity index (χ1v) is 6.67. The Bertz CT molecular complexity index is 489. The molecule has 1 aromatic rings. The smallest absolute Gasteiger partial charge is 0.418 e. The summed E-state index contributed by atoms with van der Waals surface area (Å²) in [6.07, 6.45) is -4.51. The molecule has 0 aliphatic heterocycles. The van der Waals surface area contributed by atoms with Crippen LogP contribution in [-0.4, -0.2) is 19.1 Å². The molecular formula is C13H15BrF3NO2. The zero-order chi connectivity index (χ0) is 15.5. The lowest BCUT2D eigenvalue weighted by Gasteiger charge is -2.23. The molecule has 112 valence electrons. The molecule has 0 saturated carbocycles. The van der Waals surface area contributed by atoms with Gasteiger partial charge in [0.2, 0.25) is 0 Å². The predicted octanol–water partition coefficient (Wildman–Crippen LogP) is 4.08. The van der Waals surface area contributed by atoms with E-state index in [1.54, 1.807) is 13.8 Å². The van der Waals surface area contributed by atoms with Gasteiger partial charge < -0.3 is 10.1 Å². The summed E-state index contributed by atoms with van der Waals surface area (Å²) < 4.78 is 43.9. The normalized spacial score (nSPS) is 13.2. The Morgan fingerprint density at radius 1 is 1.35 bits per heavy atom. The molecule has 0 saturated heterocycles.